The molecule has 2 aliphatic rings. The zero-order valence-electron chi connectivity index (χ0n) is 16.4. The van der Waals surface area contributed by atoms with Crippen LogP contribution in [0.15, 0.2) is 36.5 Å². The summed E-state index contributed by atoms with van der Waals surface area (Å²) >= 11 is 0. The summed E-state index contributed by atoms with van der Waals surface area (Å²) in [5, 5.41) is 21.8. The van der Waals surface area contributed by atoms with Gasteiger partial charge in [0.1, 0.15) is 17.3 Å². The van der Waals surface area contributed by atoms with Crippen LogP contribution >= 0.6 is 0 Å². The molecule has 1 aliphatic carbocycles. The lowest BCUT2D eigenvalue weighted by atomic mass is 10.1. The maximum atomic E-state index is 9.63. The Bertz CT molecular complexity index is 1050. The van der Waals surface area contributed by atoms with Gasteiger partial charge in [-0.2, -0.15) is 0 Å². The Labute approximate surface area is 169 Å². The van der Waals surface area contributed by atoms with Crippen LogP contribution in [-0.4, -0.2) is 49.0 Å². The van der Waals surface area contributed by atoms with Gasteiger partial charge in [0.05, 0.1) is 24.1 Å². The fourth-order valence-electron chi connectivity index (χ4n) is 4.63. The normalized spacial score (nSPS) is 20.7. The van der Waals surface area contributed by atoms with Gasteiger partial charge in [0, 0.05) is 36.0 Å². The van der Waals surface area contributed by atoms with Gasteiger partial charge < -0.3 is 20.1 Å². The molecule has 0 saturated heterocycles. The van der Waals surface area contributed by atoms with Gasteiger partial charge in [0.25, 0.3) is 0 Å². The van der Waals surface area contributed by atoms with E-state index < -0.39 is 6.10 Å². The Morgan fingerprint density at radius 1 is 1.24 bits per heavy atom. The van der Waals surface area contributed by atoms with Crippen LogP contribution in [0.5, 0.6) is 0 Å². The fourth-order valence-corrected chi connectivity index (χ4v) is 4.63. The highest BCUT2D eigenvalue weighted by Gasteiger charge is 2.41. The van der Waals surface area contributed by atoms with Crippen LogP contribution in [0.2, 0.25) is 0 Å². The van der Waals surface area contributed by atoms with Gasteiger partial charge in [-0.05, 0) is 50.5 Å². The molecule has 3 aromatic heterocycles. The summed E-state index contributed by atoms with van der Waals surface area (Å²) in [7, 11) is 0. The van der Waals surface area contributed by atoms with Crippen LogP contribution < -0.4 is 5.32 Å². The first-order chi connectivity index (χ1) is 14.1. The minimum atomic E-state index is -0.817. The van der Waals surface area contributed by atoms with Gasteiger partial charge in [-0.3, -0.25) is 4.98 Å². The summed E-state index contributed by atoms with van der Waals surface area (Å²) in [5.41, 5.74) is 4.92. The van der Waals surface area contributed by atoms with E-state index in [1.165, 1.54) is 25.1 Å². The van der Waals surface area contributed by atoms with E-state index in [1.54, 1.807) is 6.20 Å². The van der Waals surface area contributed by atoms with E-state index in [1.807, 2.05) is 37.3 Å². The molecule has 7 heteroatoms. The molecule has 5 rings (SSSR count). The number of rotatable bonds is 6. The number of aromatic nitrogens is 4. The van der Waals surface area contributed by atoms with Gasteiger partial charge in [-0.1, -0.05) is 6.07 Å². The lowest BCUT2D eigenvalue weighted by Gasteiger charge is -2.18. The molecule has 3 atom stereocenters. The van der Waals surface area contributed by atoms with Crippen molar-refractivity contribution in [2.75, 3.05) is 18.5 Å². The highest BCUT2D eigenvalue weighted by Crippen LogP contribution is 2.52. The zero-order chi connectivity index (χ0) is 20.0. The lowest BCUT2D eigenvalue weighted by molar-refractivity contribution is 0.105. The second-order valence-corrected chi connectivity index (χ2v) is 8.01. The third-order valence-electron chi connectivity index (χ3n) is 5.97. The molecule has 0 spiro atoms. The number of aliphatic hydroxyl groups excluding tert-OH is 2. The maximum Gasteiger partial charge on any atom is 0.126 e. The molecule has 0 unspecified atom stereocenters. The largest absolute Gasteiger partial charge is 0.394 e. The lowest BCUT2D eigenvalue weighted by Crippen LogP contribution is -2.23. The van der Waals surface area contributed by atoms with Crippen LogP contribution in [0, 0.1) is 6.92 Å². The first kappa shape index (κ1) is 18.3. The zero-order valence-corrected chi connectivity index (χ0v) is 16.4. The van der Waals surface area contributed by atoms with Crippen molar-refractivity contribution in [3.8, 4) is 22.6 Å². The minimum absolute atomic E-state index is 0.245. The SMILES string of the molecule is Cc1cccc(-c2nc3n(c2-c2ccnc(NC[C@H](O)CO)c2)[C@@H]2CC[C@H]3C2)n1. The van der Waals surface area contributed by atoms with Gasteiger partial charge in [-0.15, -0.1) is 0 Å². The maximum absolute atomic E-state index is 9.63. The van der Waals surface area contributed by atoms with Gasteiger partial charge in [-0.25, -0.2) is 9.97 Å². The Kier molecular flexibility index (Phi) is 4.56. The molecular formula is C22H25N5O2. The third kappa shape index (κ3) is 3.20. The van der Waals surface area contributed by atoms with Crippen LogP contribution in [0.25, 0.3) is 22.6 Å². The highest BCUT2D eigenvalue weighted by atomic mass is 16.3. The molecule has 1 fully saturated rings. The molecule has 3 N–H and O–H groups in total. The summed E-state index contributed by atoms with van der Waals surface area (Å²) in [5.74, 6) is 2.38. The van der Waals surface area contributed by atoms with E-state index in [0.29, 0.717) is 17.8 Å². The average Bonchev–Trinajstić information content (AvgIpc) is 3.44. The molecular weight excluding hydrogens is 366 g/mol. The van der Waals surface area contributed by atoms with Crippen molar-refractivity contribution >= 4 is 5.82 Å². The number of aliphatic hydroxyl groups is 2. The monoisotopic (exact) mass is 391 g/mol. The molecule has 0 amide bonds. The average molecular weight is 391 g/mol. The molecule has 0 aromatic carbocycles. The van der Waals surface area contributed by atoms with E-state index >= 15 is 0 Å². The van der Waals surface area contributed by atoms with Crippen molar-refractivity contribution in [2.24, 2.45) is 0 Å². The molecule has 29 heavy (non-hydrogen) atoms. The number of anilines is 1. The van der Waals surface area contributed by atoms with Crippen molar-refractivity contribution in [3.05, 3.63) is 48.0 Å². The smallest absolute Gasteiger partial charge is 0.126 e. The van der Waals surface area contributed by atoms with Crippen molar-refractivity contribution in [2.45, 2.75) is 44.2 Å². The van der Waals surface area contributed by atoms with E-state index in [9.17, 15) is 5.11 Å². The standard InChI is InChI=1S/C22H25N5O2/c1-13-3-2-4-18(25-13)20-21(27-16-6-5-15(9-16)22(27)26-20)14-7-8-23-19(10-14)24-11-17(29)12-28/h2-4,7-8,10,15-17,28-29H,5-6,9,11-12H2,1H3,(H,23,24)/t15-,16+,17-/m0/s1. The van der Waals surface area contributed by atoms with Crippen molar-refractivity contribution < 1.29 is 10.2 Å². The Morgan fingerprint density at radius 3 is 2.97 bits per heavy atom. The van der Waals surface area contributed by atoms with Gasteiger partial charge in [0.15, 0.2) is 0 Å². The van der Waals surface area contributed by atoms with Crippen molar-refractivity contribution in [1.29, 1.82) is 0 Å². The highest BCUT2D eigenvalue weighted by molar-refractivity contribution is 5.79. The van der Waals surface area contributed by atoms with Gasteiger partial charge >= 0.3 is 0 Å². The topological polar surface area (TPSA) is 96.1 Å². The summed E-state index contributed by atoms with van der Waals surface area (Å²) in [6.45, 7) is 1.96. The minimum Gasteiger partial charge on any atom is -0.394 e. The summed E-state index contributed by atoms with van der Waals surface area (Å²) in [4.78, 5) is 14.2. The predicted octanol–water partition coefficient (Wildman–Crippen LogP) is 2.90. The van der Waals surface area contributed by atoms with Crippen molar-refractivity contribution in [1.82, 2.24) is 19.5 Å². The van der Waals surface area contributed by atoms with E-state index in [0.717, 1.165) is 28.3 Å². The number of nitrogens with zero attached hydrogens (tertiary/aromatic N) is 4. The summed E-state index contributed by atoms with van der Waals surface area (Å²) < 4.78 is 2.41. The second kappa shape index (κ2) is 7.24. The Hall–Kier alpha value is -2.77. The van der Waals surface area contributed by atoms with Crippen LogP contribution in [0.4, 0.5) is 5.82 Å². The molecule has 7 nitrogen and oxygen atoms in total. The number of imidazole rings is 1. The fraction of sp³-hybridized carbons (Fsp3) is 0.409. The quantitative estimate of drug-likeness (QED) is 0.598. The van der Waals surface area contributed by atoms with Crippen LogP contribution in [0.1, 0.15) is 42.7 Å². The van der Waals surface area contributed by atoms with Crippen LogP contribution in [-0.2, 0) is 0 Å². The third-order valence-corrected chi connectivity index (χ3v) is 5.97. The van der Waals surface area contributed by atoms with Crippen LogP contribution in [0.3, 0.4) is 0 Å². The summed E-state index contributed by atoms with van der Waals surface area (Å²) in [6.07, 6.45) is 4.53. The summed E-state index contributed by atoms with van der Waals surface area (Å²) in [6, 6.07) is 10.5. The number of aryl methyl sites for hydroxylation is 1. The Balaban J connectivity index is 1.60. The molecule has 3 aromatic rings. The molecule has 1 saturated carbocycles. The first-order valence-electron chi connectivity index (χ1n) is 10.2. The van der Waals surface area contributed by atoms with E-state index in [4.69, 9.17) is 15.1 Å². The number of nitrogens with one attached hydrogen (secondary N) is 1. The number of pyridine rings is 2. The predicted molar refractivity (Wildman–Crippen MR) is 111 cm³/mol. The van der Waals surface area contributed by atoms with E-state index in [2.05, 4.69) is 14.9 Å². The molecule has 2 bridgehead atoms. The second-order valence-electron chi connectivity index (χ2n) is 8.01. The number of hydrogen-bond donors (Lipinski definition) is 3. The molecule has 1 aliphatic heterocycles. The molecule has 0 radical (unpaired) electrons. The van der Waals surface area contributed by atoms with E-state index in [-0.39, 0.29) is 13.2 Å². The number of hydrogen-bond acceptors (Lipinski definition) is 6. The first-order valence-corrected chi connectivity index (χ1v) is 10.2. The Morgan fingerprint density at radius 2 is 2.14 bits per heavy atom. The number of fused-ring (bicyclic) bond motifs is 5. The van der Waals surface area contributed by atoms with Crippen molar-refractivity contribution in [3.63, 3.8) is 0 Å². The molecule has 150 valence electrons. The van der Waals surface area contributed by atoms with Gasteiger partial charge in [0.2, 0.25) is 0 Å². The molecule has 4 heterocycles.